The Morgan fingerprint density at radius 3 is 2.60 bits per heavy atom. The van der Waals surface area contributed by atoms with Gasteiger partial charge in [-0.1, -0.05) is 6.07 Å². The topological polar surface area (TPSA) is 46.2 Å². The van der Waals surface area contributed by atoms with E-state index in [-0.39, 0.29) is 10.9 Å². The minimum Gasteiger partial charge on any atom is -0.279 e. The first-order chi connectivity index (χ1) is 7.00. The summed E-state index contributed by atoms with van der Waals surface area (Å²) in [6.45, 7) is 0. The third kappa shape index (κ3) is 2.31. The van der Waals surface area contributed by atoms with Gasteiger partial charge in [0.05, 0.1) is 10.9 Å². The molecule has 0 atom stereocenters. The van der Waals surface area contributed by atoms with Gasteiger partial charge in [-0.15, -0.1) is 0 Å². The molecule has 0 heterocycles. The molecule has 2 rings (SSSR count). The Morgan fingerprint density at radius 1 is 1.40 bits per heavy atom. The van der Waals surface area contributed by atoms with Crippen LogP contribution in [0.5, 0.6) is 0 Å². The Labute approximate surface area is 95.9 Å². The van der Waals surface area contributed by atoms with Gasteiger partial charge in [-0.05, 0) is 40.9 Å². The summed E-state index contributed by atoms with van der Waals surface area (Å²) in [5.41, 5.74) is -0.00981. The number of hydrogen-bond acceptors (Lipinski definition) is 2. The first-order valence-electron chi connectivity index (χ1n) is 4.46. The molecule has 0 aliphatic heterocycles. The van der Waals surface area contributed by atoms with Crippen LogP contribution >= 0.6 is 15.9 Å². The van der Waals surface area contributed by atoms with Gasteiger partial charge in [0.1, 0.15) is 5.82 Å². The number of benzene rings is 1. The highest BCUT2D eigenvalue weighted by atomic mass is 79.9. The number of anilines is 1. The maximum absolute atomic E-state index is 13.3. The maximum atomic E-state index is 13.3. The van der Waals surface area contributed by atoms with Crippen molar-refractivity contribution >= 4 is 31.6 Å². The van der Waals surface area contributed by atoms with E-state index in [9.17, 15) is 12.8 Å². The lowest BCUT2D eigenvalue weighted by Gasteiger charge is -2.09. The summed E-state index contributed by atoms with van der Waals surface area (Å²) < 4.78 is 39.1. The van der Waals surface area contributed by atoms with Crippen LogP contribution in [0.1, 0.15) is 12.8 Å². The van der Waals surface area contributed by atoms with E-state index in [1.54, 1.807) is 6.07 Å². The van der Waals surface area contributed by atoms with Crippen molar-refractivity contribution < 1.29 is 12.8 Å². The molecule has 1 saturated carbocycles. The Bertz CT molecular complexity index is 465. The minimum absolute atomic E-state index is 0.00981. The summed E-state index contributed by atoms with van der Waals surface area (Å²) in [5.74, 6) is -0.575. The number of halogens is 2. The van der Waals surface area contributed by atoms with Crippen molar-refractivity contribution in [3.8, 4) is 0 Å². The average molecular weight is 294 g/mol. The second-order valence-electron chi connectivity index (χ2n) is 3.44. The van der Waals surface area contributed by atoms with Crippen LogP contribution in [0, 0.1) is 5.82 Å². The molecule has 82 valence electrons. The molecule has 1 N–H and O–H groups in total. The van der Waals surface area contributed by atoms with Gasteiger partial charge in [0.2, 0.25) is 10.0 Å². The van der Waals surface area contributed by atoms with Crippen molar-refractivity contribution in [1.29, 1.82) is 0 Å². The van der Waals surface area contributed by atoms with Crippen LogP contribution in [0.15, 0.2) is 22.7 Å². The molecule has 1 aromatic carbocycles. The number of para-hydroxylation sites is 1. The highest BCUT2D eigenvalue weighted by Crippen LogP contribution is 2.32. The summed E-state index contributed by atoms with van der Waals surface area (Å²) in [4.78, 5) is 0. The Kier molecular flexibility index (Phi) is 2.72. The first kappa shape index (κ1) is 10.9. The van der Waals surface area contributed by atoms with Crippen molar-refractivity contribution in [1.82, 2.24) is 0 Å². The fourth-order valence-corrected chi connectivity index (χ4v) is 3.19. The number of sulfonamides is 1. The predicted molar refractivity (Wildman–Crippen MR) is 59.7 cm³/mol. The zero-order valence-electron chi connectivity index (χ0n) is 7.70. The SMILES string of the molecule is O=S(=O)(Nc1c(F)cccc1Br)C1CC1. The Balaban J connectivity index is 2.31. The Hall–Kier alpha value is -0.620. The maximum Gasteiger partial charge on any atom is 0.235 e. The molecular weight excluding hydrogens is 285 g/mol. The average Bonchev–Trinajstić information content (AvgIpc) is 2.94. The zero-order valence-corrected chi connectivity index (χ0v) is 10.1. The summed E-state index contributed by atoms with van der Waals surface area (Å²) in [7, 11) is -3.41. The second kappa shape index (κ2) is 3.75. The van der Waals surface area contributed by atoms with Crippen LogP contribution in [0.25, 0.3) is 0 Å². The van der Waals surface area contributed by atoms with E-state index in [0.717, 1.165) is 0 Å². The fraction of sp³-hybridized carbons (Fsp3) is 0.333. The summed E-state index contributed by atoms with van der Waals surface area (Å²) >= 11 is 3.10. The normalized spacial score (nSPS) is 16.4. The number of nitrogens with one attached hydrogen (secondary N) is 1. The van der Waals surface area contributed by atoms with E-state index < -0.39 is 15.8 Å². The molecule has 0 unspecified atom stereocenters. The molecule has 0 radical (unpaired) electrons. The summed E-state index contributed by atoms with van der Waals surface area (Å²) in [5, 5.41) is -0.357. The van der Waals surface area contributed by atoms with Crippen molar-refractivity contribution in [3.63, 3.8) is 0 Å². The monoisotopic (exact) mass is 293 g/mol. The van der Waals surface area contributed by atoms with Gasteiger partial charge in [-0.2, -0.15) is 0 Å². The van der Waals surface area contributed by atoms with Gasteiger partial charge >= 0.3 is 0 Å². The van der Waals surface area contributed by atoms with Gasteiger partial charge in [-0.25, -0.2) is 12.8 Å². The standard InChI is InChI=1S/C9H9BrFNO2S/c10-7-2-1-3-8(11)9(7)12-15(13,14)6-4-5-6/h1-3,6,12H,4-5H2. The lowest BCUT2D eigenvalue weighted by molar-refractivity contribution is 0.597. The van der Waals surface area contributed by atoms with E-state index in [1.807, 2.05) is 0 Å². The van der Waals surface area contributed by atoms with Gasteiger partial charge in [0.15, 0.2) is 0 Å². The van der Waals surface area contributed by atoms with Crippen LogP contribution in [0.2, 0.25) is 0 Å². The smallest absolute Gasteiger partial charge is 0.235 e. The van der Waals surface area contributed by atoms with E-state index >= 15 is 0 Å². The van der Waals surface area contributed by atoms with Crippen molar-refractivity contribution in [2.24, 2.45) is 0 Å². The van der Waals surface area contributed by atoms with E-state index in [4.69, 9.17) is 0 Å². The fourth-order valence-electron chi connectivity index (χ4n) is 1.20. The van der Waals surface area contributed by atoms with E-state index in [0.29, 0.717) is 17.3 Å². The molecule has 0 aromatic heterocycles. The van der Waals surface area contributed by atoms with Crippen LogP contribution < -0.4 is 4.72 Å². The first-order valence-corrected chi connectivity index (χ1v) is 6.80. The highest BCUT2D eigenvalue weighted by Gasteiger charge is 2.36. The quantitative estimate of drug-likeness (QED) is 0.931. The second-order valence-corrected chi connectivity index (χ2v) is 6.26. The lowest BCUT2D eigenvalue weighted by atomic mass is 10.3. The minimum atomic E-state index is -3.41. The zero-order chi connectivity index (χ0) is 11.1. The van der Waals surface area contributed by atoms with Gasteiger partial charge in [0, 0.05) is 4.47 Å². The van der Waals surface area contributed by atoms with Crippen LogP contribution in [0.4, 0.5) is 10.1 Å². The number of rotatable bonds is 3. The molecule has 1 aliphatic carbocycles. The molecule has 3 nitrogen and oxygen atoms in total. The van der Waals surface area contributed by atoms with E-state index in [2.05, 4.69) is 20.7 Å². The third-order valence-corrected chi connectivity index (χ3v) is 4.67. The highest BCUT2D eigenvalue weighted by molar-refractivity contribution is 9.10. The summed E-state index contributed by atoms with van der Waals surface area (Å²) in [6.07, 6.45) is 1.31. The Morgan fingerprint density at radius 2 is 2.07 bits per heavy atom. The molecule has 0 bridgehead atoms. The molecule has 1 aliphatic rings. The van der Waals surface area contributed by atoms with Crippen LogP contribution in [0.3, 0.4) is 0 Å². The molecule has 6 heteroatoms. The van der Waals surface area contributed by atoms with Gasteiger partial charge < -0.3 is 0 Å². The van der Waals surface area contributed by atoms with Crippen LogP contribution in [-0.4, -0.2) is 13.7 Å². The molecular formula is C9H9BrFNO2S. The molecule has 1 aromatic rings. The largest absolute Gasteiger partial charge is 0.279 e. The molecule has 1 fully saturated rings. The van der Waals surface area contributed by atoms with Crippen molar-refractivity contribution in [2.75, 3.05) is 4.72 Å². The molecule has 0 saturated heterocycles. The van der Waals surface area contributed by atoms with Crippen molar-refractivity contribution in [3.05, 3.63) is 28.5 Å². The molecule has 0 spiro atoms. The van der Waals surface area contributed by atoms with Gasteiger partial charge in [-0.3, -0.25) is 4.72 Å². The lowest BCUT2D eigenvalue weighted by Crippen LogP contribution is -2.18. The van der Waals surface area contributed by atoms with Gasteiger partial charge in [0.25, 0.3) is 0 Å². The third-order valence-electron chi connectivity index (χ3n) is 2.17. The van der Waals surface area contributed by atoms with Crippen molar-refractivity contribution in [2.45, 2.75) is 18.1 Å². The number of hydrogen-bond donors (Lipinski definition) is 1. The summed E-state index contributed by atoms with van der Waals surface area (Å²) in [6, 6.07) is 4.32. The molecule has 15 heavy (non-hydrogen) atoms. The molecule has 0 amide bonds. The van der Waals surface area contributed by atoms with E-state index in [1.165, 1.54) is 12.1 Å². The predicted octanol–water partition coefficient (Wildman–Crippen LogP) is 2.49. The van der Waals surface area contributed by atoms with Crippen LogP contribution in [-0.2, 0) is 10.0 Å².